The maximum atomic E-state index is 12.1. The third-order valence-electron chi connectivity index (χ3n) is 4.21. The summed E-state index contributed by atoms with van der Waals surface area (Å²) in [6, 6.07) is 3.87. The van der Waals surface area contributed by atoms with Gasteiger partial charge in [-0.3, -0.25) is 4.79 Å². The molecule has 0 heterocycles. The first-order valence-corrected chi connectivity index (χ1v) is 6.45. The molecule has 2 unspecified atom stereocenters. The van der Waals surface area contributed by atoms with E-state index < -0.39 is 5.97 Å². The predicted octanol–water partition coefficient (Wildman–Crippen LogP) is 2.07. The summed E-state index contributed by atoms with van der Waals surface area (Å²) in [6.07, 6.45) is 3.40. The number of phenolic OH excluding ortho intramolecular Hbond substituents is 1. The van der Waals surface area contributed by atoms with Crippen molar-refractivity contribution in [1.29, 1.82) is 0 Å². The van der Waals surface area contributed by atoms with Crippen LogP contribution in [0.2, 0.25) is 0 Å². The fraction of sp³-hybridized carbons (Fsp3) is 0.429. The molecule has 0 radical (unpaired) electrons. The fourth-order valence-corrected chi connectivity index (χ4v) is 3.20. The first-order valence-electron chi connectivity index (χ1n) is 6.45. The Morgan fingerprint density at radius 1 is 1.21 bits per heavy atom. The van der Waals surface area contributed by atoms with Gasteiger partial charge in [-0.15, -0.1) is 0 Å². The molecule has 100 valence electrons. The summed E-state index contributed by atoms with van der Waals surface area (Å²) in [5, 5.41) is 21.2. The second kappa shape index (κ2) is 4.26. The Bertz CT molecular complexity index is 544. The monoisotopic (exact) mass is 261 g/mol. The lowest BCUT2D eigenvalue weighted by Crippen LogP contribution is -2.17. The van der Waals surface area contributed by atoms with E-state index in [0.29, 0.717) is 11.8 Å². The number of nitrogens with one attached hydrogen (secondary N) is 1. The Hall–Kier alpha value is -2.04. The van der Waals surface area contributed by atoms with Crippen LogP contribution >= 0.6 is 0 Å². The zero-order valence-corrected chi connectivity index (χ0v) is 10.3. The van der Waals surface area contributed by atoms with Gasteiger partial charge in [0.15, 0.2) is 0 Å². The summed E-state index contributed by atoms with van der Waals surface area (Å²) in [6.45, 7) is 0. The van der Waals surface area contributed by atoms with E-state index in [1.54, 1.807) is 0 Å². The van der Waals surface area contributed by atoms with E-state index >= 15 is 0 Å². The Morgan fingerprint density at radius 2 is 1.89 bits per heavy atom. The van der Waals surface area contributed by atoms with Gasteiger partial charge in [-0.05, 0) is 42.9 Å². The molecule has 0 bridgehead atoms. The van der Waals surface area contributed by atoms with Crippen LogP contribution in [-0.4, -0.2) is 22.1 Å². The zero-order chi connectivity index (χ0) is 13.6. The molecule has 3 rings (SSSR count). The van der Waals surface area contributed by atoms with Gasteiger partial charge in [-0.25, -0.2) is 4.79 Å². The number of rotatable bonds is 3. The van der Waals surface area contributed by atoms with Crippen LogP contribution in [0.4, 0.5) is 5.69 Å². The second-order valence-electron chi connectivity index (χ2n) is 5.31. The number of carboxylic acid groups (broad SMARTS) is 1. The molecular formula is C14H15NO4. The summed E-state index contributed by atoms with van der Waals surface area (Å²) in [7, 11) is 0. The highest BCUT2D eigenvalue weighted by Crippen LogP contribution is 2.57. The van der Waals surface area contributed by atoms with Crippen LogP contribution in [-0.2, 0) is 4.79 Å². The van der Waals surface area contributed by atoms with Gasteiger partial charge in [0, 0.05) is 5.92 Å². The van der Waals surface area contributed by atoms with E-state index in [2.05, 4.69) is 5.32 Å². The SMILES string of the molecule is O=C(O)c1ccc(O)c(NC(=O)C2C3CCCC32)c1. The van der Waals surface area contributed by atoms with Gasteiger partial charge in [-0.2, -0.15) is 0 Å². The van der Waals surface area contributed by atoms with E-state index in [1.807, 2.05) is 0 Å². The van der Waals surface area contributed by atoms with Crippen molar-refractivity contribution in [3.63, 3.8) is 0 Å². The molecule has 0 aromatic heterocycles. The van der Waals surface area contributed by atoms with Gasteiger partial charge >= 0.3 is 5.97 Å². The quantitative estimate of drug-likeness (QED) is 0.727. The number of benzene rings is 1. The topological polar surface area (TPSA) is 86.6 Å². The largest absolute Gasteiger partial charge is 0.506 e. The number of fused-ring (bicyclic) bond motifs is 1. The summed E-state index contributed by atoms with van der Waals surface area (Å²) in [5.74, 6) is -0.272. The minimum absolute atomic E-state index is 0.0432. The number of hydrogen-bond acceptors (Lipinski definition) is 3. The normalized spacial score (nSPS) is 27.7. The molecule has 2 aliphatic carbocycles. The molecule has 2 aliphatic rings. The van der Waals surface area contributed by atoms with E-state index in [0.717, 1.165) is 12.8 Å². The fourth-order valence-electron chi connectivity index (χ4n) is 3.20. The lowest BCUT2D eigenvalue weighted by atomic mass is 10.1. The van der Waals surface area contributed by atoms with Crippen LogP contribution in [0, 0.1) is 17.8 Å². The maximum absolute atomic E-state index is 12.1. The number of aromatic carboxylic acids is 1. The Balaban J connectivity index is 1.74. The van der Waals surface area contributed by atoms with Gasteiger partial charge in [0.25, 0.3) is 0 Å². The number of carbonyl (C=O) groups excluding carboxylic acids is 1. The maximum Gasteiger partial charge on any atom is 0.335 e. The number of anilines is 1. The Labute approximate surface area is 110 Å². The third-order valence-corrected chi connectivity index (χ3v) is 4.21. The lowest BCUT2D eigenvalue weighted by Gasteiger charge is -2.09. The molecule has 0 spiro atoms. The highest BCUT2D eigenvalue weighted by atomic mass is 16.4. The van der Waals surface area contributed by atoms with Crippen LogP contribution in [0.5, 0.6) is 5.75 Å². The molecule has 5 nitrogen and oxygen atoms in total. The smallest absolute Gasteiger partial charge is 0.335 e. The number of carboxylic acids is 1. The Morgan fingerprint density at radius 3 is 2.53 bits per heavy atom. The first kappa shape index (κ1) is 12.0. The van der Waals surface area contributed by atoms with Crippen molar-refractivity contribution in [1.82, 2.24) is 0 Å². The summed E-state index contributed by atoms with van der Waals surface area (Å²) < 4.78 is 0. The minimum Gasteiger partial charge on any atom is -0.506 e. The Kier molecular flexibility index (Phi) is 2.69. The number of hydrogen-bond donors (Lipinski definition) is 3. The van der Waals surface area contributed by atoms with E-state index in [1.165, 1.54) is 24.6 Å². The molecule has 3 N–H and O–H groups in total. The first-order chi connectivity index (χ1) is 9.08. The summed E-state index contributed by atoms with van der Waals surface area (Å²) in [4.78, 5) is 22.9. The van der Waals surface area contributed by atoms with Gasteiger partial charge < -0.3 is 15.5 Å². The average molecular weight is 261 g/mol. The van der Waals surface area contributed by atoms with Crippen LogP contribution in [0.15, 0.2) is 18.2 Å². The highest BCUT2D eigenvalue weighted by Gasteiger charge is 2.56. The molecule has 0 aliphatic heterocycles. The van der Waals surface area contributed by atoms with Crippen molar-refractivity contribution in [3.05, 3.63) is 23.8 Å². The summed E-state index contributed by atoms with van der Waals surface area (Å²) >= 11 is 0. The van der Waals surface area contributed by atoms with Gasteiger partial charge in [0.05, 0.1) is 11.3 Å². The third kappa shape index (κ3) is 2.05. The molecule has 2 fully saturated rings. The molecule has 1 aromatic carbocycles. The highest BCUT2D eigenvalue weighted by molar-refractivity contribution is 5.98. The van der Waals surface area contributed by atoms with Crippen LogP contribution in [0.3, 0.4) is 0 Å². The molecular weight excluding hydrogens is 246 g/mol. The lowest BCUT2D eigenvalue weighted by molar-refractivity contribution is -0.118. The van der Waals surface area contributed by atoms with Crippen molar-refractivity contribution >= 4 is 17.6 Å². The zero-order valence-electron chi connectivity index (χ0n) is 10.3. The van der Waals surface area contributed by atoms with Crippen LogP contribution in [0.25, 0.3) is 0 Å². The van der Waals surface area contributed by atoms with Crippen LogP contribution < -0.4 is 5.32 Å². The molecule has 2 atom stereocenters. The van der Waals surface area contributed by atoms with Gasteiger partial charge in [0.1, 0.15) is 5.75 Å². The molecule has 0 saturated heterocycles. The number of amides is 1. The van der Waals surface area contributed by atoms with Gasteiger partial charge in [-0.1, -0.05) is 6.42 Å². The van der Waals surface area contributed by atoms with Crippen molar-refractivity contribution < 1.29 is 19.8 Å². The molecule has 5 heteroatoms. The standard InChI is InChI=1S/C14H15NO4/c16-11-5-4-7(14(18)19)6-10(11)15-13(17)12-8-2-1-3-9(8)12/h4-6,8-9,12,16H,1-3H2,(H,15,17)(H,18,19). The second-order valence-corrected chi connectivity index (χ2v) is 5.31. The van der Waals surface area contributed by atoms with Crippen LogP contribution in [0.1, 0.15) is 29.6 Å². The van der Waals surface area contributed by atoms with Crippen molar-refractivity contribution in [2.75, 3.05) is 5.32 Å². The molecule has 19 heavy (non-hydrogen) atoms. The van der Waals surface area contributed by atoms with E-state index in [9.17, 15) is 14.7 Å². The van der Waals surface area contributed by atoms with Crippen molar-refractivity contribution in [2.24, 2.45) is 17.8 Å². The molecule has 1 aromatic rings. The van der Waals surface area contributed by atoms with Gasteiger partial charge in [0.2, 0.25) is 5.91 Å². The van der Waals surface area contributed by atoms with E-state index in [-0.39, 0.29) is 28.8 Å². The number of carbonyl (C=O) groups is 2. The predicted molar refractivity (Wildman–Crippen MR) is 68.0 cm³/mol. The molecule has 1 amide bonds. The average Bonchev–Trinajstić information content (AvgIpc) is 2.86. The molecule has 2 saturated carbocycles. The van der Waals surface area contributed by atoms with Crippen molar-refractivity contribution in [2.45, 2.75) is 19.3 Å². The summed E-state index contributed by atoms with van der Waals surface area (Å²) in [5.41, 5.74) is 0.221. The number of phenols is 1. The van der Waals surface area contributed by atoms with Crippen molar-refractivity contribution in [3.8, 4) is 5.75 Å². The van der Waals surface area contributed by atoms with E-state index in [4.69, 9.17) is 5.11 Å². The number of aromatic hydroxyl groups is 1. The minimum atomic E-state index is -1.08.